The Hall–Kier alpha value is -2.89. The first kappa shape index (κ1) is 20.4. The van der Waals surface area contributed by atoms with Gasteiger partial charge in [0.15, 0.2) is 5.78 Å². The molecule has 0 amide bonds. The Kier molecular flexibility index (Phi) is 5.75. The van der Waals surface area contributed by atoms with Crippen molar-refractivity contribution in [2.75, 3.05) is 0 Å². The molecule has 0 unspecified atom stereocenters. The van der Waals surface area contributed by atoms with Crippen LogP contribution in [0.5, 0.6) is 0 Å². The molecular formula is C24H19ClN2O2S. The van der Waals surface area contributed by atoms with Gasteiger partial charge in [-0.05, 0) is 67.1 Å². The van der Waals surface area contributed by atoms with Gasteiger partial charge in [0.05, 0.1) is 16.7 Å². The summed E-state index contributed by atoms with van der Waals surface area (Å²) < 4.78 is 1.61. The minimum atomic E-state index is -0.0443. The average Bonchev–Trinajstić information content (AvgIpc) is 2.75. The van der Waals surface area contributed by atoms with Crippen LogP contribution in [-0.4, -0.2) is 15.3 Å². The Morgan fingerprint density at radius 1 is 1.00 bits per heavy atom. The zero-order valence-electron chi connectivity index (χ0n) is 16.6. The number of rotatable bonds is 5. The van der Waals surface area contributed by atoms with E-state index in [1.807, 2.05) is 49.4 Å². The third-order valence-electron chi connectivity index (χ3n) is 5.00. The molecule has 0 aliphatic rings. The molecule has 4 aromatic rings. The second kappa shape index (κ2) is 8.46. The average molecular weight is 435 g/mol. The first-order valence-corrected chi connectivity index (χ1v) is 10.8. The first-order chi connectivity index (χ1) is 14.4. The van der Waals surface area contributed by atoms with Gasteiger partial charge in [0.1, 0.15) is 5.82 Å². The van der Waals surface area contributed by atoms with Crippen molar-refractivity contribution in [3.8, 4) is 0 Å². The number of carbonyl (C=O) groups excluding carboxylic acids is 1. The molecule has 0 N–H and O–H groups in total. The van der Waals surface area contributed by atoms with Gasteiger partial charge in [0.2, 0.25) is 0 Å². The summed E-state index contributed by atoms with van der Waals surface area (Å²) in [5.74, 6) is 1.22. The maximum atomic E-state index is 12.7. The fraction of sp³-hybridized carbons (Fsp3) is 0.125. The largest absolute Gasteiger partial charge is 0.299 e. The minimum Gasteiger partial charge on any atom is -0.299 e. The monoisotopic (exact) mass is 434 g/mol. The summed E-state index contributed by atoms with van der Waals surface area (Å²) in [7, 11) is 1.75. The summed E-state index contributed by atoms with van der Waals surface area (Å²) >= 11 is 7.47. The highest BCUT2D eigenvalue weighted by Gasteiger charge is 2.12. The third kappa shape index (κ3) is 4.04. The Labute approximate surface area is 183 Å². The van der Waals surface area contributed by atoms with Crippen molar-refractivity contribution in [3.63, 3.8) is 0 Å². The lowest BCUT2D eigenvalue weighted by Crippen LogP contribution is -2.22. The van der Waals surface area contributed by atoms with Gasteiger partial charge < -0.3 is 0 Å². The van der Waals surface area contributed by atoms with Crippen molar-refractivity contribution in [3.05, 3.63) is 105 Å². The van der Waals surface area contributed by atoms with E-state index in [2.05, 4.69) is 4.98 Å². The molecule has 3 aromatic carbocycles. The molecule has 0 bridgehead atoms. The Bertz CT molecular complexity index is 1300. The number of benzene rings is 3. The van der Waals surface area contributed by atoms with Gasteiger partial charge in [-0.15, -0.1) is 11.8 Å². The predicted octanol–water partition coefficient (Wildman–Crippen LogP) is 5.42. The van der Waals surface area contributed by atoms with E-state index in [0.717, 1.165) is 16.0 Å². The molecule has 1 heterocycles. The Morgan fingerprint density at radius 2 is 1.63 bits per heavy atom. The number of aromatic nitrogens is 2. The van der Waals surface area contributed by atoms with Gasteiger partial charge in [-0.1, -0.05) is 23.7 Å². The van der Waals surface area contributed by atoms with E-state index in [-0.39, 0.29) is 11.3 Å². The van der Waals surface area contributed by atoms with Crippen molar-refractivity contribution in [2.24, 2.45) is 7.05 Å². The lowest BCUT2D eigenvalue weighted by atomic mass is 10.0. The van der Waals surface area contributed by atoms with E-state index in [1.54, 1.807) is 47.6 Å². The number of nitrogens with zero attached hydrogens (tertiary/aromatic N) is 2. The molecular weight excluding hydrogens is 416 g/mol. The molecule has 150 valence electrons. The van der Waals surface area contributed by atoms with E-state index in [9.17, 15) is 9.59 Å². The fourth-order valence-corrected chi connectivity index (χ4v) is 4.28. The quantitative estimate of drug-likeness (QED) is 0.311. The predicted molar refractivity (Wildman–Crippen MR) is 123 cm³/mol. The molecule has 4 nitrogen and oxygen atoms in total. The molecule has 0 aliphatic carbocycles. The summed E-state index contributed by atoms with van der Waals surface area (Å²) in [6, 6.07) is 20.0. The van der Waals surface area contributed by atoms with Crippen molar-refractivity contribution in [1.82, 2.24) is 9.55 Å². The van der Waals surface area contributed by atoms with E-state index in [4.69, 9.17) is 11.6 Å². The summed E-state index contributed by atoms with van der Waals surface area (Å²) in [5.41, 5.74) is 2.84. The highest BCUT2D eigenvalue weighted by atomic mass is 35.5. The summed E-state index contributed by atoms with van der Waals surface area (Å²) in [6.07, 6.45) is 0. The van der Waals surface area contributed by atoms with Crippen LogP contribution >= 0.6 is 23.4 Å². The first-order valence-electron chi connectivity index (χ1n) is 9.42. The smallest absolute Gasteiger partial charge is 0.261 e. The zero-order valence-corrected chi connectivity index (χ0v) is 18.1. The van der Waals surface area contributed by atoms with Crippen molar-refractivity contribution in [1.29, 1.82) is 0 Å². The summed E-state index contributed by atoms with van der Waals surface area (Å²) in [5, 5.41) is 1.27. The van der Waals surface area contributed by atoms with Gasteiger partial charge in [-0.2, -0.15) is 0 Å². The van der Waals surface area contributed by atoms with Crippen molar-refractivity contribution in [2.45, 2.75) is 17.6 Å². The van der Waals surface area contributed by atoms with Gasteiger partial charge in [0, 0.05) is 28.1 Å². The Balaban J connectivity index is 1.52. The molecule has 1 aromatic heterocycles. The molecule has 30 heavy (non-hydrogen) atoms. The van der Waals surface area contributed by atoms with E-state index >= 15 is 0 Å². The molecule has 0 saturated carbocycles. The normalized spacial score (nSPS) is 11.0. The van der Waals surface area contributed by atoms with Crippen LogP contribution in [0, 0.1) is 6.92 Å². The SMILES string of the molecule is Cc1cccc2nc(CSc3ccc(C(=O)c4ccc(Cl)cc4)cc3)n(C)c(=O)c12. The van der Waals surface area contributed by atoms with Crippen LogP contribution in [0.15, 0.2) is 76.4 Å². The lowest BCUT2D eigenvalue weighted by Gasteiger charge is -2.10. The van der Waals surface area contributed by atoms with Crippen LogP contribution in [0.1, 0.15) is 27.3 Å². The number of hydrogen-bond donors (Lipinski definition) is 0. The number of carbonyl (C=O) groups is 1. The molecule has 6 heteroatoms. The summed E-state index contributed by atoms with van der Waals surface area (Å²) in [4.78, 5) is 31.0. The van der Waals surface area contributed by atoms with E-state index in [0.29, 0.717) is 33.1 Å². The summed E-state index contributed by atoms with van der Waals surface area (Å²) in [6.45, 7) is 1.92. The fourth-order valence-electron chi connectivity index (χ4n) is 3.27. The minimum absolute atomic E-state index is 0.0300. The highest BCUT2D eigenvalue weighted by Crippen LogP contribution is 2.24. The molecule has 0 atom stereocenters. The molecule has 4 rings (SSSR count). The Morgan fingerprint density at radius 3 is 2.30 bits per heavy atom. The number of aryl methyl sites for hydroxylation is 1. The highest BCUT2D eigenvalue weighted by molar-refractivity contribution is 7.98. The topological polar surface area (TPSA) is 52.0 Å². The van der Waals surface area contributed by atoms with E-state index in [1.165, 1.54) is 0 Å². The van der Waals surface area contributed by atoms with Crippen LogP contribution < -0.4 is 5.56 Å². The number of ketones is 1. The lowest BCUT2D eigenvalue weighted by molar-refractivity contribution is 0.103. The van der Waals surface area contributed by atoms with Crippen LogP contribution in [0.3, 0.4) is 0 Å². The molecule has 0 aliphatic heterocycles. The third-order valence-corrected chi connectivity index (χ3v) is 6.26. The van der Waals surface area contributed by atoms with Crippen LogP contribution in [0.4, 0.5) is 0 Å². The van der Waals surface area contributed by atoms with Gasteiger partial charge in [0.25, 0.3) is 5.56 Å². The maximum absolute atomic E-state index is 12.7. The molecule has 0 spiro atoms. The number of halogens is 1. The van der Waals surface area contributed by atoms with Crippen molar-refractivity contribution >= 4 is 40.0 Å². The van der Waals surface area contributed by atoms with E-state index < -0.39 is 0 Å². The van der Waals surface area contributed by atoms with Gasteiger partial charge in [-0.25, -0.2) is 4.98 Å². The molecule has 0 saturated heterocycles. The standard InChI is InChI=1S/C24H19ClN2O2S/c1-15-4-3-5-20-22(15)24(29)27(2)21(26-20)14-30-19-12-8-17(9-13-19)23(28)16-6-10-18(25)11-7-16/h3-13H,14H2,1-2H3. The number of fused-ring (bicyclic) bond motifs is 1. The van der Waals surface area contributed by atoms with Crippen LogP contribution in [0.25, 0.3) is 10.9 Å². The molecule has 0 fully saturated rings. The van der Waals surface area contributed by atoms with Gasteiger partial charge >= 0.3 is 0 Å². The number of thioether (sulfide) groups is 1. The second-order valence-electron chi connectivity index (χ2n) is 7.01. The van der Waals surface area contributed by atoms with Crippen LogP contribution in [0.2, 0.25) is 5.02 Å². The van der Waals surface area contributed by atoms with Crippen molar-refractivity contribution < 1.29 is 4.79 Å². The maximum Gasteiger partial charge on any atom is 0.261 e. The van der Waals surface area contributed by atoms with Gasteiger partial charge in [-0.3, -0.25) is 14.2 Å². The zero-order chi connectivity index (χ0) is 21.3. The number of hydrogen-bond acceptors (Lipinski definition) is 4. The van der Waals surface area contributed by atoms with Crippen LogP contribution in [-0.2, 0) is 12.8 Å². The molecule has 0 radical (unpaired) electrons. The second-order valence-corrected chi connectivity index (χ2v) is 8.50.